The molecule has 20 heavy (non-hydrogen) atoms. The van der Waals surface area contributed by atoms with E-state index in [-0.39, 0.29) is 17.9 Å². The van der Waals surface area contributed by atoms with Gasteiger partial charge in [-0.1, -0.05) is 6.58 Å². The van der Waals surface area contributed by atoms with Crippen molar-refractivity contribution in [3.8, 4) is 0 Å². The van der Waals surface area contributed by atoms with Crippen LogP contribution in [0.4, 0.5) is 0 Å². The summed E-state index contributed by atoms with van der Waals surface area (Å²) in [5.74, 6) is -0.410. The molecule has 1 aliphatic rings. The van der Waals surface area contributed by atoms with Crippen LogP contribution in [0.3, 0.4) is 0 Å². The Morgan fingerprint density at radius 1 is 1.05 bits per heavy atom. The molecule has 116 valence electrons. The standard InChI is InChI=1S/C16H28O4/c1-10(2)14(17)20-13-8-11(15(3,4)18)7-12(9-13)16(5,6)19/h11-13,18-19H,1,7-9H2,2-6H3/t11-,12+,13?. The Kier molecular flexibility index (Phi) is 5.03. The second-order valence-corrected chi connectivity index (χ2v) is 7.22. The number of esters is 1. The van der Waals surface area contributed by atoms with Crippen LogP contribution >= 0.6 is 0 Å². The average molecular weight is 284 g/mol. The molecule has 2 N–H and O–H groups in total. The minimum Gasteiger partial charge on any atom is -0.459 e. The zero-order valence-corrected chi connectivity index (χ0v) is 13.3. The highest BCUT2D eigenvalue weighted by atomic mass is 16.5. The van der Waals surface area contributed by atoms with Crippen LogP contribution in [0.1, 0.15) is 53.9 Å². The monoisotopic (exact) mass is 284 g/mol. The summed E-state index contributed by atoms with van der Waals surface area (Å²) >= 11 is 0. The SMILES string of the molecule is C=C(C)C(=O)OC1C[C@@H](C(C)(C)O)C[C@@H](C(C)(C)O)C1. The first-order valence-electron chi connectivity index (χ1n) is 7.22. The topological polar surface area (TPSA) is 66.8 Å². The molecule has 3 atom stereocenters. The molecule has 1 fully saturated rings. The average Bonchev–Trinajstić information content (AvgIpc) is 2.26. The van der Waals surface area contributed by atoms with Crippen LogP contribution in [-0.2, 0) is 9.53 Å². The minimum atomic E-state index is -0.849. The van der Waals surface area contributed by atoms with E-state index in [1.807, 2.05) is 0 Å². The van der Waals surface area contributed by atoms with E-state index in [1.165, 1.54) is 0 Å². The number of aliphatic hydroxyl groups is 2. The lowest BCUT2D eigenvalue weighted by Crippen LogP contribution is -2.46. The number of hydrogen-bond donors (Lipinski definition) is 2. The first-order valence-corrected chi connectivity index (χ1v) is 7.22. The van der Waals surface area contributed by atoms with Crippen molar-refractivity contribution in [3.63, 3.8) is 0 Å². The molecule has 0 amide bonds. The van der Waals surface area contributed by atoms with Crippen molar-refractivity contribution < 1.29 is 19.7 Å². The van der Waals surface area contributed by atoms with E-state index < -0.39 is 17.2 Å². The van der Waals surface area contributed by atoms with E-state index in [9.17, 15) is 15.0 Å². The van der Waals surface area contributed by atoms with Gasteiger partial charge >= 0.3 is 5.97 Å². The molecule has 1 aliphatic carbocycles. The summed E-state index contributed by atoms with van der Waals surface area (Å²) in [7, 11) is 0. The molecule has 0 aromatic heterocycles. The van der Waals surface area contributed by atoms with Crippen molar-refractivity contribution >= 4 is 5.97 Å². The Morgan fingerprint density at radius 3 is 1.75 bits per heavy atom. The third kappa shape index (κ3) is 4.60. The minimum absolute atomic E-state index is 0.00408. The largest absolute Gasteiger partial charge is 0.459 e. The number of carbonyl (C=O) groups is 1. The molecule has 1 saturated carbocycles. The molecule has 0 aliphatic heterocycles. The van der Waals surface area contributed by atoms with Gasteiger partial charge in [0.15, 0.2) is 0 Å². The molecule has 0 saturated heterocycles. The van der Waals surface area contributed by atoms with Crippen LogP contribution in [-0.4, -0.2) is 33.5 Å². The Morgan fingerprint density at radius 2 is 1.45 bits per heavy atom. The molecule has 0 bridgehead atoms. The Balaban J connectivity index is 2.85. The van der Waals surface area contributed by atoms with Gasteiger partial charge in [-0.15, -0.1) is 0 Å². The lowest BCUT2D eigenvalue weighted by atomic mass is 9.68. The first kappa shape index (κ1) is 17.2. The fraction of sp³-hybridized carbons (Fsp3) is 0.812. The number of ether oxygens (including phenoxy) is 1. The smallest absolute Gasteiger partial charge is 0.333 e. The van der Waals surface area contributed by atoms with Gasteiger partial charge in [-0.2, -0.15) is 0 Å². The fourth-order valence-corrected chi connectivity index (χ4v) is 2.77. The van der Waals surface area contributed by atoms with Crippen molar-refractivity contribution in [3.05, 3.63) is 12.2 Å². The Bertz CT molecular complexity index is 351. The Hall–Kier alpha value is -0.870. The van der Waals surface area contributed by atoms with Crippen molar-refractivity contribution in [2.45, 2.75) is 71.2 Å². The summed E-state index contributed by atoms with van der Waals surface area (Å²) < 4.78 is 5.44. The van der Waals surface area contributed by atoms with Crippen molar-refractivity contribution in [1.29, 1.82) is 0 Å². The molecule has 0 aromatic carbocycles. The van der Waals surface area contributed by atoms with Crippen LogP contribution in [0.2, 0.25) is 0 Å². The lowest BCUT2D eigenvalue weighted by molar-refractivity contribution is -0.154. The van der Waals surface area contributed by atoms with Gasteiger partial charge in [-0.3, -0.25) is 0 Å². The lowest BCUT2D eigenvalue weighted by Gasteiger charge is -2.43. The molecule has 0 aromatic rings. The van der Waals surface area contributed by atoms with Crippen LogP contribution in [0.15, 0.2) is 12.2 Å². The summed E-state index contributed by atoms with van der Waals surface area (Å²) in [6, 6.07) is 0. The summed E-state index contributed by atoms with van der Waals surface area (Å²) in [5, 5.41) is 20.5. The normalized spacial score (nSPS) is 28.1. The van der Waals surface area contributed by atoms with Crippen LogP contribution in [0.5, 0.6) is 0 Å². The molecule has 0 spiro atoms. The summed E-state index contributed by atoms with van der Waals surface area (Å²) in [6.07, 6.45) is 1.69. The van der Waals surface area contributed by atoms with Gasteiger partial charge in [0.2, 0.25) is 0 Å². The molecule has 4 heteroatoms. The highest BCUT2D eigenvalue weighted by Crippen LogP contribution is 2.41. The van der Waals surface area contributed by atoms with Crippen LogP contribution in [0.25, 0.3) is 0 Å². The van der Waals surface area contributed by atoms with Crippen LogP contribution in [0, 0.1) is 11.8 Å². The van der Waals surface area contributed by atoms with Crippen LogP contribution < -0.4 is 0 Å². The maximum absolute atomic E-state index is 11.7. The molecule has 0 radical (unpaired) electrons. The van der Waals surface area contributed by atoms with E-state index >= 15 is 0 Å². The second-order valence-electron chi connectivity index (χ2n) is 7.22. The molecule has 1 unspecified atom stereocenters. The molecular formula is C16H28O4. The maximum atomic E-state index is 11.7. The van der Waals surface area contributed by atoms with Gasteiger partial charge in [-0.05, 0) is 65.7 Å². The van der Waals surface area contributed by atoms with Gasteiger partial charge in [0.05, 0.1) is 11.2 Å². The van der Waals surface area contributed by atoms with Gasteiger partial charge in [0.1, 0.15) is 6.10 Å². The van der Waals surface area contributed by atoms with Gasteiger partial charge in [0.25, 0.3) is 0 Å². The summed E-state index contributed by atoms with van der Waals surface area (Å²) in [5.41, 5.74) is -1.33. The maximum Gasteiger partial charge on any atom is 0.333 e. The predicted octanol–water partition coefficient (Wildman–Crippen LogP) is 2.43. The molecule has 1 rings (SSSR count). The van der Waals surface area contributed by atoms with Crippen molar-refractivity contribution in [2.24, 2.45) is 11.8 Å². The number of hydrogen-bond acceptors (Lipinski definition) is 4. The third-order valence-corrected chi connectivity index (χ3v) is 4.28. The van der Waals surface area contributed by atoms with E-state index in [0.29, 0.717) is 18.4 Å². The van der Waals surface area contributed by atoms with Crippen molar-refractivity contribution in [2.75, 3.05) is 0 Å². The fourth-order valence-electron chi connectivity index (χ4n) is 2.77. The summed E-state index contributed by atoms with van der Waals surface area (Å²) in [4.78, 5) is 11.7. The first-order chi connectivity index (χ1) is 8.91. The van der Waals surface area contributed by atoms with Gasteiger partial charge in [0, 0.05) is 5.57 Å². The number of carbonyl (C=O) groups excluding carboxylic acids is 1. The van der Waals surface area contributed by atoms with E-state index in [4.69, 9.17) is 4.74 Å². The quantitative estimate of drug-likeness (QED) is 0.614. The second kappa shape index (κ2) is 5.86. The van der Waals surface area contributed by atoms with Crippen molar-refractivity contribution in [1.82, 2.24) is 0 Å². The van der Waals surface area contributed by atoms with Gasteiger partial charge in [-0.25, -0.2) is 4.79 Å². The highest BCUT2D eigenvalue weighted by molar-refractivity contribution is 5.87. The zero-order valence-electron chi connectivity index (χ0n) is 13.3. The molecular weight excluding hydrogens is 256 g/mol. The van der Waals surface area contributed by atoms with E-state index in [0.717, 1.165) is 6.42 Å². The predicted molar refractivity (Wildman–Crippen MR) is 78.1 cm³/mol. The van der Waals surface area contributed by atoms with E-state index in [1.54, 1.807) is 34.6 Å². The summed E-state index contributed by atoms with van der Waals surface area (Å²) in [6.45, 7) is 12.3. The highest BCUT2D eigenvalue weighted by Gasteiger charge is 2.42. The van der Waals surface area contributed by atoms with Gasteiger partial charge < -0.3 is 14.9 Å². The van der Waals surface area contributed by atoms with E-state index in [2.05, 4.69) is 6.58 Å². The molecule has 4 nitrogen and oxygen atoms in total. The Labute approximate surface area is 121 Å². The molecule has 0 heterocycles. The zero-order chi connectivity index (χ0) is 15.7. The number of rotatable bonds is 4. The third-order valence-electron chi connectivity index (χ3n) is 4.28.